The van der Waals surface area contributed by atoms with Gasteiger partial charge in [-0.2, -0.15) is 13.2 Å². The van der Waals surface area contributed by atoms with E-state index in [1.54, 1.807) is 0 Å². The van der Waals surface area contributed by atoms with E-state index in [1.165, 1.54) is 6.07 Å². The number of hydrogen-bond donors (Lipinski definition) is 2. The average molecular weight is 378 g/mol. The third-order valence-electron chi connectivity index (χ3n) is 4.71. The molecule has 8 heteroatoms. The Morgan fingerprint density at radius 2 is 1.88 bits per heavy atom. The van der Waals surface area contributed by atoms with Crippen LogP contribution in [0.2, 0.25) is 0 Å². The van der Waals surface area contributed by atoms with E-state index in [2.05, 4.69) is 0 Å². The number of alkyl halides is 3. The quantitative estimate of drug-likeness (QED) is 0.712. The first-order valence-electron chi connectivity index (χ1n) is 8.18. The molecular formula is C17H21F3O4S. The first-order chi connectivity index (χ1) is 11.7. The molecule has 1 saturated carbocycles. The summed E-state index contributed by atoms with van der Waals surface area (Å²) in [4.78, 5) is 11.6. The number of rotatable bonds is 6. The summed E-state index contributed by atoms with van der Waals surface area (Å²) >= 11 is -2.41. The average Bonchev–Trinajstić information content (AvgIpc) is 2.52. The van der Waals surface area contributed by atoms with Crippen LogP contribution in [0.25, 0.3) is 0 Å². The summed E-state index contributed by atoms with van der Waals surface area (Å²) in [7, 11) is 0. The van der Waals surface area contributed by atoms with E-state index in [4.69, 9.17) is 4.55 Å². The van der Waals surface area contributed by atoms with Crippen molar-refractivity contribution in [2.75, 3.05) is 0 Å². The van der Waals surface area contributed by atoms with Crippen LogP contribution in [-0.4, -0.2) is 19.8 Å². The Bertz CT molecular complexity index is 639. The summed E-state index contributed by atoms with van der Waals surface area (Å²) in [6.45, 7) is 0. The standard InChI is InChI=1S/C17H21F3O4S/c18-17(19,20)15-9-12(6-7-13(15)10-25(23)24)14(16(21)22)8-11-4-2-1-3-5-11/h6-7,9,11,14H,1-5,8,10H2,(H,21,22)(H,23,24). The minimum Gasteiger partial charge on any atom is -0.481 e. The van der Waals surface area contributed by atoms with Crippen LogP contribution in [0, 0.1) is 5.92 Å². The van der Waals surface area contributed by atoms with Crippen LogP contribution in [0.4, 0.5) is 13.2 Å². The molecule has 25 heavy (non-hydrogen) atoms. The van der Waals surface area contributed by atoms with E-state index in [9.17, 15) is 27.3 Å². The Hall–Kier alpha value is -1.41. The molecule has 0 aliphatic heterocycles. The first kappa shape index (κ1) is 19.9. The van der Waals surface area contributed by atoms with Crippen molar-refractivity contribution in [2.24, 2.45) is 5.92 Å². The molecule has 0 heterocycles. The zero-order valence-electron chi connectivity index (χ0n) is 13.6. The van der Waals surface area contributed by atoms with Crippen LogP contribution < -0.4 is 0 Å². The molecule has 0 spiro atoms. The lowest BCUT2D eigenvalue weighted by Crippen LogP contribution is -2.19. The Labute approximate surface area is 146 Å². The molecule has 0 saturated heterocycles. The van der Waals surface area contributed by atoms with E-state index in [0.717, 1.165) is 44.2 Å². The highest BCUT2D eigenvalue weighted by Gasteiger charge is 2.35. The zero-order valence-corrected chi connectivity index (χ0v) is 14.4. The van der Waals surface area contributed by atoms with Crippen molar-refractivity contribution in [1.82, 2.24) is 0 Å². The number of hydrogen-bond acceptors (Lipinski definition) is 2. The van der Waals surface area contributed by atoms with Crippen LogP contribution >= 0.6 is 0 Å². The van der Waals surface area contributed by atoms with Crippen LogP contribution in [0.3, 0.4) is 0 Å². The highest BCUT2D eigenvalue weighted by Crippen LogP contribution is 2.37. The van der Waals surface area contributed by atoms with Gasteiger partial charge < -0.3 is 9.66 Å². The second-order valence-electron chi connectivity index (χ2n) is 6.51. The second-order valence-corrected chi connectivity index (χ2v) is 7.44. The van der Waals surface area contributed by atoms with Gasteiger partial charge in [-0.1, -0.05) is 44.2 Å². The molecule has 140 valence electrons. The van der Waals surface area contributed by atoms with Gasteiger partial charge in [0, 0.05) is 0 Å². The number of carboxylic acid groups (broad SMARTS) is 1. The van der Waals surface area contributed by atoms with Crippen molar-refractivity contribution in [3.05, 3.63) is 34.9 Å². The van der Waals surface area contributed by atoms with Gasteiger partial charge in [0.1, 0.15) is 0 Å². The topological polar surface area (TPSA) is 74.6 Å². The summed E-state index contributed by atoms with van der Waals surface area (Å²) in [6.07, 6.45) is 0.559. The van der Waals surface area contributed by atoms with Crippen LogP contribution in [0.1, 0.15) is 61.1 Å². The number of carbonyl (C=O) groups is 1. The third kappa shape index (κ3) is 5.54. The molecule has 2 N–H and O–H groups in total. The molecule has 2 rings (SSSR count). The van der Waals surface area contributed by atoms with Crippen molar-refractivity contribution in [2.45, 2.75) is 56.4 Å². The molecule has 2 unspecified atom stereocenters. The summed E-state index contributed by atoms with van der Waals surface area (Å²) in [5, 5.41) is 9.50. The predicted octanol–water partition coefficient (Wildman–Crippen LogP) is 4.57. The van der Waals surface area contributed by atoms with Gasteiger partial charge in [-0.05, 0) is 29.5 Å². The van der Waals surface area contributed by atoms with Crippen LogP contribution in [0.15, 0.2) is 18.2 Å². The van der Waals surface area contributed by atoms with E-state index >= 15 is 0 Å². The van der Waals surface area contributed by atoms with Gasteiger partial charge in [-0.15, -0.1) is 0 Å². The highest BCUT2D eigenvalue weighted by atomic mass is 32.2. The van der Waals surface area contributed by atoms with Crippen LogP contribution in [0.5, 0.6) is 0 Å². The highest BCUT2D eigenvalue weighted by molar-refractivity contribution is 7.78. The molecule has 0 aromatic heterocycles. The van der Waals surface area contributed by atoms with E-state index in [1.807, 2.05) is 0 Å². The molecule has 1 fully saturated rings. The lowest BCUT2D eigenvalue weighted by molar-refractivity contribution is -0.140. The Balaban J connectivity index is 2.33. The minimum absolute atomic E-state index is 0.0953. The smallest absolute Gasteiger partial charge is 0.416 e. The summed E-state index contributed by atoms with van der Waals surface area (Å²) in [5.41, 5.74) is -1.25. The van der Waals surface area contributed by atoms with E-state index in [0.29, 0.717) is 6.42 Å². The fourth-order valence-corrected chi connectivity index (χ4v) is 3.99. The predicted molar refractivity (Wildman–Crippen MR) is 87.5 cm³/mol. The summed E-state index contributed by atoms with van der Waals surface area (Å²) in [6, 6.07) is 3.27. The molecule has 0 bridgehead atoms. The largest absolute Gasteiger partial charge is 0.481 e. The molecule has 1 aromatic rings. The van der Waals surface area contributed by atoms with Crippen molar-refractivity contribution in [1.29, 1.82) is 0 Å². The van der Waals surface area contributed by atoms with Gasteiger partial charge in [-0.25, -0.2) is 4.21 Å². The SMILES string of the molecule is O=C(O)C(CC1CCCCC1)c1ccc(CS(=O)O)c(C(F)(F)F)c1. The monoisotopic (exact) mass is 378 g/mol. The number of carboxylic acids is 1. The van der Waals surface area contributed by atoms with Crippen molar-refractivity contribution in [3.63, 3.8) is 0 Å². The van der Waals surface area contributed by atoms with E-state index in [-0.39, 0.29) is 17.0 Å². The Morgan fingerprint density at radius 3 is 2.40 bits per heavy atom. The Kier molecular flexibility index (Phi) is 6.62. The fraction of sp³-hybridized carbons (Fsp3) is 0.588. The van der Waals surface area contributed by atoms with Gasteiger partial charge in [0.2, 0.25) is 0 Å². The Morgan fingerprint density at radius 1 is 1.24 bits per heavy atom. The van der Waals surface area contributed by atoms with Crippen molar-refractivity contribution >= 4 is 17.0 Å². The van der Waals surface area contributed by atoms with Gasteiger partial charge in [-0.3, -0.25) is 4.79 Å². The van der Waals surface area contributed by atoms with Gasteiger partial charge in [0.25, 0.3) is 0 Å². The van der Waals surface area contributed by atoms with Gasteiger partial charge in [0.05, 0.1) is 17.2 Å². The fourth-order valence-electron chi connectivity index (χ4n) is 3.47. The van der Waals surface area contributed by atoms with Crippen LogP contribution in [-0.2, 0) is 27.8 Å². The normalized spacial score (nSPS) is 18.7. The first-order valence-corrected chi connectivity index (χ1v) is 9.46. The maximum Gasteiger partial charge on any atom is 0.416 e. The number of benzene rings is 1. The van der Waals surface area contributed by atoms with Gasteiger partial charge >= 0.3 is 12.1 Å². The molecule has 1 aliphatic rings. The summed E-state index contributed by atoms with van der Waals surface area (Å²) < 4.78 is 59.6. The summed E-state index contributed by atoms with van der Waals surface area (Å²) in [5.74, 6) is -2.58. The lowest BCUT2D eigenvalue weighted by atomic mass is 9.80. The number of aliphatic carboxylic acids is 1. The lowest BCUT2D eigenvalue weighted by Gasteiger charge is -2.25. The molecule has 2 atom stereocenters. The molecular weight excluding hydrogens is 357 g/mol. The molecule has 1 aromatic carbocycles. The zero-order chi connectivity index (χ0) is 18.6. The molecule has 0 amide bonds. The van der Waals surface area contributed by atoms with Crippen molar-refractivity contribution < 1.29 is 31.8 Å². The second kappa shape index (κ2) is 8.31. The molecule has 0 radical (unpaired) electrons. The maximum atomic E-state index is 13.3. The number of halogens is 3. The molecule has 1 aliphatic carbocycles. The minimum atomic E-state index is -4.71. The van der Waals surface area contributed by atoms with E-state index < -0.39 is 40.5 Å². The van der Waals surface area contributed by atoms with Gasteiger partial charge in [0.15, 0.2) is 11.1 Å². The molecule has 4 nitrogen and oxygen atoms in total. The third-order valence-corrected chi connectivity index (χ3v) is 5.27. The van der Waals surface area contributed by atoms with Crippen molar-refractivity contribution in [3.8, 4) is 0 Å². The maximum absolute atomic E-state index is 13.3.